The SMILES string of the molecule is COc1cc(C=O)c([N+](=O)[O-])cc1OCC=C(C)C. The second-order valence-electron chi connectivity index (χ2n) is 4.03. The molecule has 0 bridgehead atoms. The molecule has 0 heterocycles. The van der Waals surface area contributed by atoms with Crippen LogP contribution in [0.5, 0.6) is 11.5 Å². The number of methoxy groups -OCH3 is 1. The third-order valence-corrected chi connectivity index (χ3v) is 2.37. The zero-order valence-corrected chi connectivity index (χ0v) is 11.0. The number of nitrogens with zero attached hydrogens (tertiary/aromatic N) is 1. The van der Waals surface area contributed by atoms with Gasteiger partial charge >= 0.3 is 0 Å². The van der Waals surface area contributed by atoms with E-state index in [-0.39, 0.29) is 29.4 Å². The number of rotatable bonds is 6. The molecule has 102 valence electrons. The van der Waals surface area contributed by atoms with Gasteiger partial charge in [0.1, 0.15) is 6.61 Å². The smallest absolute Gasteiger partial charge is 0.283 e. The summed E-state index contributed by atoms with van der Waals surface area (Å²) in [6.45, 7) is 4.10. The number of benzene rings is 1. The fourth-order valence-electron chi connectivity index (χ4n) is 1.39. The largest absolute Gasteiger partial charge is 0.493 e. The van der Waals surface area contributed by atoms with Crippen molar-refractivity contribution in [3.63, 3.8) is 0 Å². The van der Waals surface area contributed by atoms with Crippen LogP contribution in [0.3, 0.4) is 0 Å². The van der Waals surface area contributed by atoms with Crippen LogP contribution in [0.1, 0.15) is 24.2 Å². The van der Waals surface area contributed by atoms with Crippen LogP contribution >= 0.6 is 0 Å². The van der Waals surface area contributed by atoms with Crippen LogP contribution in [0.4, 0.5) is 5.69 Å². The molecule has 19 heavy (non-hydrogen) atoms. The summed E-state index contributed by atoms with van der Waals surface area (Å²) in [7, 11) is 1.41. The minimum absolute atomic E-state index is 0.0450. The second-order valence-corrected chi connectivity index (χ2v) is 4.03. The van der Waals surface area contributed by atoms with Crippen molar-refractivity contribution in [1.82, 2.24) is 0 Å². The highest BCUT2D eigenvalue weighted by atomic mass is 16.6. The quantitative estimate of drug-likeness (QED) is 0.342. The highest BCUT2D eigenvalue weighted by Gasteiger charge is 2.19. The summed E-state index contributed by atoms with van der Waals surface area (Å²) < 4.78 is 10.5. The van der Waals surface area contributed by atoms with E-state index >= 15 is 0 Å². The lowest BCUT2D eigenvalue weighted by atomic mass is 10.1. The lowest BCUT2D eigenvalue weighted by molar-refractivity contribution is -0.385. The number of hydrogen-bond acceptors (Lipinski definition) is 5. The fraction of sp³-hybridized carbons (Fsp3) is 0.308. The minimum Gasteiger partial charge on any atom is -0.493 e. The number of hydrogen-bond donors (Lipinski definition) is 0. The summed E-state index contributed by atoms with van der Waals surface area (Å²) in [4.78, 5) is 21.0. The second kappa shape index (κ2) is 6.53. The van der Waals surface area contributed by atoms with Crippen LogP contribution in [-0.4, -0.2) is 24.9 Å². The Kier molecular flexibility index (Phi) is 5.05. The van der Waals surface area contributed by atoms with Crippen molar-refractivity contribution in [3.05, 3.63) is 39.5 Å². The predicted molar refractivity (Wildman–Crippen MR) is 70.0 cm³/mol. The molecule has 1 aromatic rings. The Morgan fingerprint density at radius 2 is 2.05 bits per heavy atom. The number of ether oxygens (including phenoxy) is 2. The Labute approximate surface area is 110 Å². The number of nitro benzene ring substituents is 1. The normalized spacial score (nSPS) is 9.63. The van der Waals surface area contributed by atoms with Crippen LogP contribution < -0.4 is 9.47 Å². The Morgan fingerprint density at radius 3 is 2.53 bits per heavy atom. The van der Waals surface area contributed by atoms with Crippen molar-refractivity contribution in [1.29, 1.82) is 0 Å². The maximum atomic E-state index is 10.9. The molecule has 0 spiro atoms. The summed E-state index contributed by atoms with van der Waals surface area (Å²) in [5.74, 6) is 0.521. The molecule has 1 rings (SSSR count). The van der Waals surface area contributed by atoms with Gasteiger partial charge in [0.25, 0.3) is 5.69 Å². The van der Waals surface area contributed by atoms with Crippen LogP contribution in [0, 0.1) is 10.1 Å². The highest BCUT2D eigenvalue weighted by molar-refractivity contribution is 5.83. The summed E-state index contributed by atoms with van der Waals surface area (Å²) in [5.41, 5.74) is 0.720. The summed E-state index contributed by atoms with van der Waals surface area (Å²) in [5, 5.41) is 10.9. The Morgan fingerprint density at radius 1 is 1.37 bits per heavy atom. The van der Waals surface area contributed by atoms with Gasteiger partial charge in [-0.3, -0.25) is 14.9 Å². The maximum absolute atomic E-state index is 10.9. The first kappa shape index (κ1) is 14.7. The molecular weight excluding hydrogens is 250 g/mol. The molecule has 0 saturated carbocycles. The molecule has 0 saturated heterocycles. The first-order chi connectivity index (χ1) is 8.99. The van der Waals surface area contributed by atoms with Crippen LogP contribution in [0.2, 0.25) is 0 Å². The molecule has 0 N–H and O–H groups in total. The van der Waals surface area contributed by atoms with Gasteiger partial charge in [0.05, 0.1) is 23.7 Å². The van der Waals surface area contributed by atoms with E-state index in [9.17, 15) is 14.9 Å². The highest BCUT2D eigenvalue weighted by Crippen LogP contribution is 2.33. The third kappa shape index (κ3) is 3.80. The van der Waals surface area contributed by atoms with E-state index in [0.717, 1.165) is 5.57 Å². The number of allylic oxidation sites excluding steroid dienone is 1. The van der Waals surface area contributed by atoms with Gasteiger partial charge in [0.2, 0.25) is 0 Å². The predicted octanol–water partition coefficient (Wildman–Crippen LogP) is 2.76. The number of carbonyl (C=O) groups is 1. The average molecular weight is 265 g/mol. The Hall–Kier alpha value is -2.37. The van der Waals surface area contributed by atoms with Gasteiger partial charge in [0.15, 0.2) is 17.8 Å². The molecule has 0 aliphatic carbocycles. The maximum Gasteiger partial charge on any atom is 0.283 e. The van der Waals surface area contributed by atoms with Gasteiger partial charge in [-0.05, 0) is 19.9 Å². The minimum atomic E-state index is -0.628. The molecule has 0 unspecified atom stereocenters. The fourth-order valence-corrected chi connectivity index (χ4v) is 1.39. The van der Waals surface area contributed by atoms with E-state index in [1.165, 1.54) is 19.2 Å². The van der Waals surface area contributed by atoms with E-state index in [0.29, 0.717) is 6.29 Å². The van der Waals surface area contributed by atoms with E-state index in [4.69, 9.17) is 9.47 Å². The summed E-state index contributed by atoms with van der Waals surface area (Å²) in [6, 6.07) is 2.49. The molecule has 0 amide bonds. The lowest BCUT2D eigenvalue weighted by Crippen LogP contribution is -2.01. The molecule has 6 heteroatoms. The van der Waals surface area contributed by atoms with Gasteiger partial charge < -0.3 is 9.47 Å². The average Bonchev–Trinajstić information content (AvgIpc) is 2.37. The zero-order chi connectivity index (χ0) is 14.4. The molecule has 1 aromatic carbocycles. The molecular formula is C13H15NO5. The number of nitro groups is 1. The van der Waals surface area contributed by atoms with E-state index in [1.807, 2.05) is 19.9 Å². The Bertz CT molecular complexity index is 518. The van der Waals surface area contributed by atoms with E-state index in [1.54, 1.807) is 0 Å². The lowest BCUT2D eigenvalue weighted by Gasteiger charge is -2.10. The van der Waals surface area contributed by atoms with Gasteiger partial charge in [-0.25, -0.2) is 0 Å². The first-order valence-corrected chi connectivity index (χ1v) is 5.57. The molecule has 0 aliphatic rings. The standard InChI is InChI=1S/C13H15NO5/c1-9(2)4-5-19-13-7-11(14(16)17)10(8-15)6-12(13)18-3/h4,6-8H,5H2,1-3H3. The summed E-state index contributed by atoms with van der Waals surface area (Å²) >= 11 is 0. The van der Waals surface area contributed by atoms with E-state index in [2.05, 4.69) is 0 Å². The number of aldehydes is 1. The molecule has 6 nitrogen and oxygen atoms in total. The van der Waals surface area contributed by atoms with Crippen molar-refractivity contribution < 1.29 is 19.2 Å². The van der Waals surface area contributed by atoms with Crippen molar-refractivity contribution >= 4 is 12.0 Å². The van der Waals surface area contributed by atoms with Gasteiger partial charge in [-0.2, -0.15) is 0 Å². The molecule has 0 aromatic heterocycles. The molecule has 0 fully saturated rings. The molecule has 0 radical (unpaired) electrons. The first-order valence-electron chi connectivity index (χ1n) is 5.57. The van der Waals surface area contributed by atoms with Crippen molar-refractivity contribution in [2.45, 2.75) is 13.8 Å². The van der Waals surface area contributed by atoms with Crippen LogP contribution in [-0.2, 0) is 0 Å². The topological polar surface area (TPSA) is 78.7 Å². The zero-order valence-electron chi connectivity index (χ0n) is 11.0. The van der Waals surface area contributed by atoms with Crippen LogP contribution in [0.25, 0.3) is 0 Å². The molecule has 0 aliphatic heterocycles. The van der Waals surface area contributed by atoms with E-state index < -0.39 is 4.92 Å². The van der Waals surface area contributed by atoms with Crippen LogP contribution in [0.15, 0.2) is 23.8 Å². The Balaban J connectivity index is 3.14. The van der Waals surface area contributed by atoms with Gasteiger partial charge in [-0.1, -0.05) is 5.57 Å². The van der Waals surface area contributed by atoms with Crippen molar-refractivity contribution in [2.75, 3.05) is 13.7 Å². The van der Waals surface area contributed by atoms with Crippen molar-refractivity contribution in [3.8, 4) is 11.5 Å². The number of carbonyl (C=O) groups excluding carboxylic acids is 1. The monoisotopic (exact) mass is 265 g/mol. The molecule has 0 atom stereocenters. The third-order valence-electron chi connectivity index (χ3n) is 2.37. The van der Waals surface area contributed by atoms with Gasteiger partial charge in [0, 0.05) is 6.07 Å². The van der Waals surface area contributed by atoms with Gasteiger partial charge in [-0.15, -0.1) is 0 Å². The summed E-state index contributed by atoms with van der Waals surface area (Å²) in [6.07, 6.45) is 2.25. The van der Waals surface area contributed by atoms with Crippen molar-refractivity contribution in [2.24, 2.45) is 0 Å².